The molecule has 1 aromatic heterocycles. The monoisotopic (exact) mass is 347 g/mol. The maximum atomic E-state index is 12.1. The molecule has 0 aliphatic rings. The highest BCUT2D eigenvalue weighted by Gasteiger charge is 2.16. The maximum absolute atomic E-state index is 12.1. The largest absolute Gasteiger partial charge is 0.493 e. The number of azo groups is 1. The van der Waals surface area contributed by atoms with Crippen LogP contribution in [0.3, 0.4) is 0 Å². The molecule has 3 aromatic rings. The number of aryl methyl sites for hydroxylation is 1. The Bertz CT molecular complexity index is 948. The Morgan fingerprint density at radius 1 is 1.13 bits per heavy atom. The molecule has 1 amide bonds. The van der Waals surface area contributed by atoms with E-state index in [4.69, 9.17) is 23.2 Å². The summed E-state index contributed by atoms with van der Waals surface area (Å²) in [6, 6.07) is 10.0. The number of H-pyrrole nitrogens is 1. The number of aromatic nitrogens is 1. The summed E-state index contributed by atoms with van der Waals surface area (Å²) in [5, 5.41) is 18.7. The molecule has 0 atom stereocenters. The van der Waals surface area contributed by atoms with Crippen LogP contribution >= 0.6 is 23.2 Å². The summed E-state index contributed by atoms with van der Waals surface area (Å²) >= 11 is 12.1. The lowest BCUT2D eigenvalue weighted by Gasteiger charge is -1.99. The Labute approximate surface area is 141 Å². The van der Waals surface area contributed by atoms with E-state index in [2.05, 4.69) is 15.2 Å². The smallest absolute Gasteiger partial charge is 0.296 e. The number of nitrogens with one attached hydrogen (secondary N) is 1. The number of carbonyl (C=O) groups is 1. The van der Waals surface area contributed by atoms with Gasteiger partial charge in [-0.2, -0.15) is 0 Å². The molecule has 0 aliphatic heterocycles. The first-order chi connectivity index (χ1) is 11.0. The molecule has 2 aromatic carbocycles. The number of aromatic amines is 1. The quantitative estimate of drug-likeness (QED) is 0.607. The minimum absolute atomic E-state index is 0.120. The van der Waals surface area contributed by atoms with E-state index in [1.54, 1.807) is 30.3 Å². The second-order valence-electron chi connectivity index (χ2n) is 4.92. The van der Waals surface area contributed by atoms with Crippen molar-refractivity contribution in [3.05, 3.63) is 57.6 Å². The highest BCUT2D eigenvalue weighted by Crippen LogP contribution is 2.41. The van der Waals surface area contributed by atoms with Crippen LogP contribution in [0, 0.1) is 6.92 Å². The summed E-state index contributed by atoms with van der Waals surface area (Å²) in [4.78, 5) is 14.9. The number of nitrogens with zero attached hydrogens (tertiary/aromatic N) is 2. The van der Waals surface area contributed by atoms with Crippen molar-refractivity contribution in [1.29, 1.82) is 0 Å². The number of aromatic hydroxyl groups is 1. The summed E-state index contributed by atoms with van der Waals surface area (Å²) in [5.41, 5.74) is 1.89. The second kappa shape index (κ2) is 6.02. The number of halogens is 2. The van der Waals surface area contributed by atoms with Crippen LogP contribution < -0.4 is 0 Å². The van der Waals surface area contributed by atoms with Gasteiger partial charge in [0.05, 0.1) is 26.5 Å². The number of hydrogen-bond acceptors (Lipinski definition) is 3. The zero-order chi connectivity index (χ0) is 16.6. The van der Waals surface area contributed by atoms with Crippen molar-refractivity contribution in [3.63, 3.8) is 0 Å². The fourth-order valence-corrected chi connectivity index (χ4v) is 2.71. The molecule has 3 rings (SSSR count). The summed E-state index contributed by atoms with van der Waals surface area (Å²) in [6.45, 7) is 1.87. The summed E-state index contributed by atoms with van der Waals surface area (Å²) in [7, 11) is 0. The molecule has 0 saturated carbocycles. The van der Waals surface area contributed by atoms with Gasteiger partial charge in [0, 0.05) is 0 Å². The van der Waals surface area contributed by atoms with Gasteiger partial charge in [-0.25, -0.2) is 0 Å². The molecular weight excluding hydrogens is 337 g/mol. The lowest BCUT2D eigenvalue weighted by Crippen LogP contribution is -1.94. The third kappa shape index (κ3) is 2.81. The van der Waals surface area contributed by atoms with E-state index in [1.165, 1.54) is 0 Å². The Hall–Kier alpha value is -2.37. The Kier molecular flexibility index (Phi) is 4.07. The standard InChI is InChI=1S/C16H11Cl2N3O2/c1-8-6-7-11(18)12-13(8)19-16(23)14(12)20-21-15(22)9-4-2-3-5-10(9)17/h2-7,19,23H,1H3. The second-order valence-corrected chi connectivity index (χ2v) is 5.74. The van der Waals surface area contributed by atoms with Crippen LogP contribution in [0.15, 0.2) is 46.6 Å². The molecular formula is C16H11Cl2N3O2. The highest BCUT2D eigenvalue weighted by atomic mass is 35.5. The zero-order valence-corrected chi connectivity index (χ0v) is 13.5. The van der Waals surface area contributed by atoms with Crippen molar-refractivity contribution in [2.24, 2.45) is 10.2 Å². The van der Waals surface area contributed by atoms with Crippen molar-refractivity contribution in [2.45, 2.75) is 6.92 Å². The first-order valence-electron chi connectivity index (χ1n) is 6.69. The lowest BCUT2D eigenvalue weighted by molar-refractivity contribution is 0.0995. The molecule has 116 valence electrons. The van der Waals surface area contributed by atoms with E-state index in [1.807, 2.05) is 13.0 Å². The van der Waals surface area contributed by atoms with Gasteiger partial charge >= 0.3 is 0 Å². The molecule has 5 nitrogen and oxygen atoms in total. The van der Waals surface area contributed by atoms with E-state index in [9.17, 15) is 9.90 Å². The van der Waals surface area contributed by atoms with Gasteiger partial charge in [-0.05, 0) is 30.7 Å². The van der Waals surface area contributed by atoms with E-state index in [0.29, 0.717) is 15.9 Å². The molecule has 7 heteroatoms. The Morgan fingerprint density at radius 2 is 1.87 bits per heavy atom. The normalized spacial score (nSPS) is 11.4. The van der Waals surface area contributed by atoms with Crippen LogP contribution in [-0.2, 0) is 0 Å². The van der Waals surface area contributed by atoms with E-state index >= 15 is 0 Å². The van der Waals surface area contributed by atoms with Crippen LogP contribution in [0.4, 0.5) is 5.69 Å². The van der Waals surface area contributed by atoms with Crippen LogP contribution in [0.1, 0.15) is 15.9 Å². The molecule has 0 aliphatic carbocycles. The molecule has 1 heterocycles. The van der Waals surface area contributed by atoms with Gasteiger partial charge in [-0.1, -0.05) is 41.4 Å². The number of hydrogen-bond donors (Lipinski definition) is 2. The van der Waals surface area contributed by atoms with E-state index < -0.39 is 5.91 Å². The van der Waals surface area contributed by atoms with E-state index in [-0.39, 0.29) is 22.2 Å². The van der Waals surface area contributed by atoms with Crippen molar-refractivity contribution >= 4 is 45.7 Å². The maximum Gasteiger partial charge on any atom is 0.296 e. The molecule has 23 heavy (non-hydrogen) atoms. The third-order valence-corrected chi connectivity index (χ3v) is 4.06. The van der Waals surface area contributed by atoms with Crippen LogP contribution in [0.25, 0.3) is 10.9 Å². The van der Waals surface area contributed by atoms with E-state index in [0.717, 1.165) is 5.56 Å². The Balaban J connectivity index is 2.05. The molecule has 0 spiro atoms. The lowest BCUT2D eigenvalue weighted by atomic mass is 10.1. The first-order valence-corrected chi connectivity index (χ1v) is 7.45. The SMILES string of the molecule is Cc1ccc(Cl)c2c(N=NC(=O)c3ccccc3Cl)c(O)[nH]c12. The predicted molar refractivity (Wildman–Crippen MR) is 90.0 cm³/mol. The van der Waals surface area contributed by atoms with Crippen molar-refractivity contribution in [2.75, 3.05) is 0 Å². The first kappa shape index (κ1) is 15.5. The third-order valence-electron chi connectivity index (χ3n) is 3.41. The van der Waals surface area contributed by atoms with Crippen LogP contribution in [0.5, 0.6) is 5.88 Å². The number of carbonyl (C=O) groups excluding carboxylic acids is 1. The van der Waals surface area contributed by atoms with Gasteiger partial charge in [0.15, 0.2) is 5.69 Å². The summed E-state index contributed by atoms with van der Waals surface area (Å²) in [6.07, 6.45) is 0. The number of fused-ring (bicyclic) bond motifs is 1. The van der Waals surface area contributed by atoms with Crippen LogP contribution in [0.2, 0.25) is 10.0 Å². The average Bonchev–Trinajstić information content (AvgIpc) is 2.87. The highest BCUT2D eigenvalue weighted by molar-refractivity contribution is 6.37. The number of rotatable bonds is 2. The fourth-order valence-electron chi connectivity index (χ4n) is 2.25. The molecule has 0 unspecified atom stereocenters. The van der Waals surface area contributed by atoms with Gasteiger partial charge in [0.1, 0.15) is 0 Å². The van der Waals surface area contributed by atoms with Crippen molar-refractivity contribution in [3.8, 4) is 5.88 Å². The van der Waals surface area contributed by atoms with Crippen molar-refractivity contribution in [1.82, 2.24) is 4.98 Å². The van der Waals surface area contributed by atoms with Gasteiger partial charge in [-0.15, -0.1) is 10.2 Å². The summed E-state index contributed by atoms with van der Waals surface area (Å²) in [5.74, 6) is -0.806. The van der Waals surface area contributed by atoms with Gasteiger partial charge in [-0.3, -0.25) is 4.79 Å². The number of amides is 1. The fraction of sp³-hybridized carbons (Fsp3) is 0.0625. The molecule has 2 N–H and O–H groups in total. The van der Waals surface area contributed by atoms with Gasteiger partial charge in [0.2, 0.25) is 5.88 Å². The van der Waals surface area contributed by atoms with Gasteiger partial charge < -0.3 is 10.1 Å². The number of benzene rings is 2. The Morgan fingerprint density at radius 3 is 2.61 bits per heavy atom. The average molecular weight is 348 g/mol. The molecule has 0 fully saturated rings. The van der Waals surface area contributed by atoms with Crippen molar-refractivity contribution < 1.29 is 9.90 Å². The van der Waals surface area contributed by atoms with Crippen LogP contribution in [-0.4, -0.2) is 16.0 Å². The minimum Gasteiger partial charge on any atom is -0.493 e. The summed E-state index contributed by atoms with van der Waals surface area (Å²) < 4.78 is 0. The predicted octanol–water partition coefficient (Wildman–Crippen LogP) is 5.41. The topological polar surface area (TPSA) is 77.8 Å². The molecule has 0 saturated heterocycles. The van der Waals surface area contributed by atoms with Gasteiger partial charge in [0.25, 0.3) is 5.91 Å². The zero-order valence-electron chi connectivity index (χ0n) is 12.0. The molecule has 0 radical (unpaired) electrons. The molecule has 0 bridgehead atoms. The minimum atomic E-state index is -0.604.